The van der Waals surface area contributed by atoms with Gasteiger partial charge in [0, 0.05) is 31.3 Å². The fourth-order valence-electron chi connectivity index (χ4n) is 7.31. The predicted molar refractivity (Wildman–Crippen MR) is 156 cm³/mol. The Morgan fingerprint density at radius 2 is 1.93 bits per heavy atom. The van der Waals surface area contributed by atoms with Gasteiger partial charge in [0.15, 0.2) is 5.82 Å². The van der Waals surface area contributed by atoms with Gasteiger partial charge in [-0.2, -0.15) is 9.97 Å². The molecule has 3 saturated heterocycles. The Morgan fingerprint density at radius 1 is 1.07 bits per heavy atom. The Kier molecular flexibility index (Phi) is 7.03. The number of nitrogens with zero attached hydrogens (tertiary/aromatic N) is 5. The van der Waals surface area contributed by atoms with Gasteiger partial charge < -0.3 is 14.7 Å². The second-order valence-electron chi connectivity index (χ2n) is 12.0. The first-order valence-corrected chi connectivity index (χ1v) is 15.0. The van der Waals surface area contributed by atoms with Crippen LogP contribution in [0.3, 0.4) is 0 Å². The van der Waals surface area contributed by atoms with Crippen molar-refractivity contribution in [3.8, 4) is 23.0 Å². The Labute approximate surface area is 246 Å². The molecule has 3 aliphatic heterocycles. The van der Waals surface area contributed by atoms with Gasteiger partial charge in [0.25, 0.3) is 0 Å². The fourth-order valence-corrected chi connectivity index (χ4v) is 7.31. The maximum Gasteiger partial charge on any atom is 0.319 e. The number of hydrogen-bond acceptors (Lipinski definition) is 7. The lowest BCUT2D eigenvalue weighted by atomic mass is 9.94. The van der Waals surface area contributed by atoms with Gasteiger partial charge in [0.1, 0.15) is 47.5 Å². The van der Waals surface area contributed by atoms with Crippen molar-refractivity contribution in [3.63, 3.8) is 0 Å². The van der Waals surface area contributed by atoms with Crippen LogP contribution in [0, 0.1) is 11.6 Å². The summed E-state index contributed by atoms with van der Waals surface area (Å²) in [7, 11) is 0. The summed E-state index contributed by atoms with van der Waals surface area (Å²) < 4.78 is 66.5. The van der Waals surface area contributed by atoms with E-state index in [0.29, 0.717) is 66.3 Å². The molecule has 0 amide bonds. The molecule has 1 N–H and O–H groups in total. The van der Waals surface area contributed by atoms with Crippen LogP contribution < -0.4 is 9.64 Å². The number of phenolic OH excluding ortho intramolecular Hbond substituents is 1. The van der Waals surface area contributed by atoms with Crippen LogP contribution in [0.1, 0.15) is 44.6 Å². The lowest BCUT2D eigenvalue weighted by Crippen LogP contribution is -2.43. The zero-order chi connectivity index (χ0) is 29.9. The van der Waals surface area contributed by atoms with Crippen LogP contribution >= 0.6 is 0 Å². The molecule has 7 rings (SSSR count). The lowest BCUT2D eigenvalue weighted by Gasteiger charge is -2.32. The van der Waals surface area contributed by atoms with E-state index in [0.717, 1.165) is 19.4 Å². The van der Waals surface area contributed by atoms with Crippen molar-refractivity contribution in [1.29, 1.82) is 0 Å². The van der Waals surface area contributed by atoms with Crippen molar-refractivity contribution in [2.75, 3.05) is 37.7 Å². The summed E-state index contributed by atoms with van der Waals surface area (Å²) in [5.41, 5.74) is -0.0338. The predicted octanol–water partition coefficient (Wildman–Crippen LogP) is 6.28. The Bertz CT molecular complexity index is 1720. The summed E-state index contributed by atoms with van der Waals surface area (Å²) >= 11 is 0. The molecule has 3 atom stereocenters. The van der Waals surface area contributed by atoms with Crippen LogP contribution in [0.15, 0.2) is 30.5 Å². The van der Waals surface area contributed by atoms with Crippen molar-refractivity contribution in [1.82, 2.24) is 19.9 Å². The highest BCUT2D eigenvalue weighted by atomic mass is 19.1. The standard InChI is InChI=1S/C32H33F4N5O2/c1-2-22-25(35)7-6-18-11-21(42)12-23(26(18)22)28-27(36)29-24(14-37-28)30(40-9-3-5-19(33)15-40)39-31(38-29)43-17-32-8-4-10-41(32)16-20(34)13-32/h6-7,11-12,14,19-20,42H,2-5,8-10,13,15-17H2,1H3/t19?,20-,32+/m1/s1. The summed E-state index contributed by atoms with van der Waals surface area (Å²) in [6.45, 7) is 3.72. The van der Waals surface area contributed by atoms with E-state index in [1.54, 1.807) is 17.9 Å². The van der Waals surface area contributed by atoms with Crippen LogP contribution in [0.2, 0.25) is 0 Å². The Balaban J connectivity index is 1.37. The summed E-state index contributed by atoms with van der Waals surface area (Å²) in [5.74, 6) is -1.02. The first-order valence-electron chi connectivity index (χ1n) is 15.0. The summed E-state index contributed by atoms with van der Waals surface area (Å²) in [6, 6.07) is 5.66. The van der Waals surface area contributed by atoms with Crippen molar-refractivity contribution in [3.05, 3.63) is 47.7 Å². The molecular weight excluding hydrogens is 562 g/mol. The number of anilines is 1. The molecule has 0 saturated carbocycles. The maximum atomic E-state index is 16.6. The number of fused-ring (bicyclic) bond motifs is 3. The van der Waals surface area contributed by atoms with Crippen molar-refractivity contribution < 1.29 is 27.4 Å². The zero-order valence-corrected chi connectivity index (χ0v) is 23.9. The number of halogens is 4. The number of aromatic nitrogens is 3. The van der Waals surface area contributed by atoms with Crippen molar-refractivity contribution in [2.45, 2.75) is 63.3 Å². The van der Waals surface area contributed by atoms with Gasteiger partial charge in [0.2, 0.25) is 0 Å². The van der Waals surface area contributed by atoms with Gasteiger partial charge in [0.05, 0.1) is 17.5 Å². The number of pyridine rings is 1. The number of phenols is 1. The molecule has 1 unspecified atom stereocenters. The topological polar surface area (TPSA) is 74.6 Å². The normalized spacial score (nSPS) is 24.3. The van der Waals surface area contributed by atoms with Gasteiger partial charge in [-0.1, -0.05) is 13.0 Å². The summed E-state index contributed by atoms with van der Waals surface area (Å²) in [5, 5.41) is 11.8. The molecule has 0 radical (unpaired) electrons. The molecule has 0 aliphatic carbocycles. The third-order valence-electron chi connectivity index (χ3n) is 9.30. The van der Waals surface area contributed by atoms with E-state index in [1.165, 1.54) is 24.4 Å². The largest absolute Gasteiger partial charge is 0.508 e. The minimum atomic E-state index is -1.06. The minimum Gasteiger partial charge on any atom is -0.508 e. The molecule has 2 aromatic heterocycles. The first kappa shape index (κ1) is 28.1. The quantitative estimate of drug-likeness (QED) is 0.263. The number of piperidine rings is 1. The lowest BCUT2D eigenvalue weighted by molar-refractivity contribution is 0.107. The molecule has 0 bridgehead atoms. The molecule has 43 heavy (non-hydrogen) atoms. The molecular formula is C32H33F4N5O2. The maximum absolute atomic E-state index is 16.6. The van der Waals surface area contributed by atoms with Gasteiger partial charge in [-0.3, -0.25) is 9.88 Å². The third-order valence-corrected chi connectivity index (χ3v) is 9.30. The van der Waals surface area contributed by atoms with Gasteiger partial charge in [-0.05, 0) is 73.2 Å². The van der Waals surface area contributed by atoms with Gasteiger partial charge in [-0.25, -0.2) is 17.6 Å². The monoisotopic (exact) mass is 595 g/mol. The van der Waals surface area contributed by atoms with Crippen LogP contribution in [0.5, 0.6) is 11.8 Å². The average molecular weight is 596 g/mol. The van der Waals surface area contributed by atoms with E-state index >= 15 is 4.39 Å². The van der Waals surface area contributed by atoms with E-state index < -0.39 is 29.5 Å². The number of aromatic hydroxyl groups is 1. The molecule has 226 valence electrons. The van der Waals surface area contributed by atoms with E-state index in [2.05, 4.69) is 19.9 Å². The molecule has 7 nitrogen and oxygen atoms in total. The minimum absolute atomic E-state index is 0.0764. The first-order chi connectivity index (χ1) is 20.8. The van der Waals surface area contributed by atoms with Crippen LogP contribution in [0.25, 0.3) is 32.9 Å². The highest BCUT2D eigenvalue weighted by molar-refractivity contribution is 6.01. The Hall–Kier alpha value is -3.73. The van der Waals surface area contributed by atoms with Crippen molar-refractivity contribution >= 4 is 27.5 Å². The number of aryl methyl sites for hydroxylation is 1. The molecule has 4 aromatic rings. The number of benzene rings is 2. The number of alkyl halides is 2. The fraction of sp³-hybridized carbons (Fsp3) is 0.469. The third kappa shape index (κ3) is 4.81. The highest BCUT2D eigenvalue weighted by Gasteiger charge is 2.49. The summed E-state index contributed by atoms with van der Waals surface area (Å²) in [6.07, 6.45) is 2.90. The molecule has 3 aliphatic rings. The molecule has 0 spiro atoms. The Morgan fingerprint density at radius 3 is 2.74 bits per heavy atom. The smallest absolute Gasteiger partial charge is 0.319 e. The second-order valence-corrected chi connectivity index (χ2v) is 12.0. The number of ether oxygens (including phenoxy) is 1. The van der Waals surface area contributed by atoms with Crippen LogP contribution in [-0.2, 0) is 6.42 Å². The molecule has 5 heterocycles. The molecule has 3 fully saturated rings. The van der Waals surface area contributed by atoms with Gasteiger partial charge in [-0.15, -0.1) is 0 Å². The molecule has 2 aromatic carbocycles. The highest BCUT2D eigenvalue weighted by Crippen LogP contribution is 2.42. The second kappa shape index (κ2) is 10.8. The van der Waals surface area contributed by atoms with E-state index in [4.69, 9.17) is 4.74 Å². The summed E-state index contributed by atoms with van der Waals surface area (Å²) in [4.78, 5) is 17.4. The van der Waals surface area contributed by atoms with Gasteiger partial charge >= 0.3 is 6.01 Å². The SMILES string of the molecule is CCc1c(F)ccc2cc(O)cc(-c3ncc4c(N5CCCC(F)C5)nc(OC[C@@]56CCCN5C[C@H](F)C6)nc4c3F)c12. The van der Waals surface area contributed by atoms with E-state index in [1.807, 2.05) is 0 Å². The molecule has 11 heteroatoms. The van der Waals surface area contributed by atoms with E-state index in [9.17, 15) is 18.3 Å². The van der Waals surface area contributed by atoms with Crippen LogP contribution in [0.4, 0.5) is 23.4 Å². The van der Waals surface area contributed by atoms with Crippen molar-refractivity contribution in [2.24, 2.45) is 0 Å². The average Bonchev–Trinajstić information content (AvgIpc) is 3.51. The zero-order valence-electron chi connectivity index (χ0n) is 23.9. The number of hydrogen-bond donors (Lipinski definition) is 1. The number of rotatable bonds is 6. The van der Waals surface area contributed by atoms with Crippen LogP contribution in [-0.4, -0.2) is 75.6 Å². The van der Waals surface area contributed by atoms with E-state index in [-0.39, 0.29) is 41.7 Å².